The average Bonchev–Trinajstić information content (AvgIpc) is 2.33. The van der Waals surface area contributed by atoms with Crippen molar-refractivity contribution in [3.8, 4) is 0 Å². The number of aryl methyl sites for hydroxylation is 1. The van der Waals surface area contributed by atoms with E-state index in [4.69, 9.17) is 0 Å². The van der Waals surface area contributed by atoms with E-state index in [2.05, 4.69) is 0 Å². The van der Waals surface area contributed by atoms with Gasteiger partial charge in [0.2, 0.25) is 0 Å². The van der Waals surface area contributed by atoms with Crippen molar-refractivity contribution >= 4 is 17.8 Å². The largest absolute Gasteiger partial charge is 0.199 e. The van der Waals surface area contributed by atoms with Crippen molar-refractivity contribution in [2.45, 2.75) is 11.8 Å². The zero-order valence-corrected chi connectivity index (χ0v) is 10.4. The van der Waals surface area contributed by atoms with Gasteiger partial charge in [-0.2, -0.15) is 4.39 Å². The van der Waals surface area contributed by atoms with Crippen LogP contribution in [0.2, 0.25) is 0 Å². The summed E-state index contributed by atoms with van der Waals surface area (Å²) in [5.74, 6) is 0. The molecule has 0 aliphatic rings. The van der Waals surface area contributed by atoms with Gasteiger partial charge in [-0.3, -0.25) is 0 Å². The molecule has 0 N–H and O–H groups in total. The summed E-state index contributed by atoms with van der Waals surface area (Å²) in [6.07, 6.45) is 1.55. The molecule has 0 nitrogen and oxygen atoms in total. The maximum Gasteiger partial charge on any atom is 0.161 e. The van der Waals surface area contributed by atoms with Crippen molar-refractivity contribution in [3.05, 3.63) is 70.9 Å². The molecule has 0 aromatic heterocycles. The molecule has 2 aromatic rings. The Kier molecular flexibility index (Phi) is 3.99. The van der Waals surface area contributed by atoms with Gasteiger partial charge in [-0.25, -0.2) is 0 Å². The van der Waals surface area contributed by atoms with Gasteiger partial charge in [0.15, 0.2) is 5.16 Å². The Labute approximate surface area is 105 Å². The predicted molar refractivity (Wildman–Crippen MR) is 72.6 cm³/mol. The quantitative estimate of drug-likeness (QED) is 0.680. The summed E-state index contributed by atoms with van der Waals surface area (Å²) in [6, 6.07) is 17.3. The number of rotatable bonds is 3. The minimum absolute atomic E-state index is 0.194. The Balaban J connectivity index is 2.09. The molecular formula is C15H13FS. The first-order valence-corrected chi connectivity index (χ1v) is 6.22. The van der Waals surface area contributed by atoms with Gasteiger partial charge >= 0.3 is 0 Å². The molecule has 0 fully saturated rings. The van der Waals surface area contributed by atoms with Gasteiger partial charge in [-0.15, -0.1) is 0 Å². The van der Waals surface area contributed by atoms with Gasteiger partial charge in [0.05, 0.1) is 0 Å². The number of halogens is 1. The fourth-order valence-corrected chi connectivity index (χ4v) is 2.12. The second-order valence-corrected chi connectivity index (χ2v) is 4.84. The molecule has 2 heteroatoms. The first-order valence-electron chi connectivity index (χ1n) is 5.41. The lowest BCUT2D eigenvalue weighted by Crippen LogP contribution is -1.75. The molecule has 0 saturated carbocycles. The Morgan fingerprint density at radius 3 is 2.29 bits per heavy atom. The lowest BCUT2D eigenvalue weighted by atomic mass is 10.2. The van der Waals surface area contributed by atoms with Crippen LogP contribution in [0.25, 0.3) is 6.08 Å². The first kappa shape index (κ1) is 11.9. The third kappa shape index (κ3) is 3.75. The number of hydrogen-bond acceptors (Lipinski definition) is 1. The monoisotopic (exact) mass is 244 g/mol. The Hall–Kier alpha value is -1.54. The van der Waals surface area contributed by atoms with Crippen LogP contribution in [0.15, 0.2) is 64.7 Å². The third-order valence-corrected chi connectivity index (χ3v) is 3.14. The summed E-state index contributed by atoms with van der Waals surface area (Å²) in [7, 11) is 0. The zero-order chi connectivity index (χ0) is 12.1. The predicted octanol–water partition coefficient (Wildman–Crippen LogP) is 5.06. The highest BCUT2D eigenvalue weighted by atomic mass is 32.2. The molecule has 0 saturated heterocycles. The number of thioether (sulfide) groups is 1. The van der Waals surface area contributed by atoms with E-state index in [1.165, 1.54) is 5.56 Å². The third-order valence-electron chi connectivity index (χ3n) is 2.32. The summed E-state index contributed by atoms with van der Waals surface area (Å²) in [6.45, 7) is 2.02. The molecule has 0 amide bonds. The van der Waals surface area contributed by atoms with Crippen molar-refractivity contribution in [2.75, 3.05) is 0 Å². The van der Waals surface area contributed by atoms with Gasteiger partial charge in [0, 0.05) is 4.90 Å². The maximum absolute atomic E-state index is 13.7. The molecule has 0 bridgehead atoms. The van der Waals surface area contributed by atoms with Crippen LogP contribution < -0.4 is 0 Å². The van der Waals surface area contributed by atoms with Crippen LogP contribution >= 0.6 is 11.8 Å². The standard InChI is InChI=1S/C15H13FS/c1-12-7-9-14(10-8-12)17-15(16)11-13-5-3-2-4-6-13/h2-11H,1H3. The van der Waals surface area contributed by atoms with Crippen molar-refractivity contribution in [1.29, 1.82) is 0 Å². The minimum atomic E-state index is -0.194. The molecule has 0 heterocycles. The Morgan fingerprint density at radius 2 is 1.65 bits per heavy atom. The fraction of sp³-hybridized carbons (Fsp3) is 0.0667. The van der Waals surface area contributed by atoms with Gasteiger partial charge in [0.25, 0.3) is 0 Å². The molecule has 0 spiro atoms. The van der Waals surface area contributed by atoms with E-state index >= 15 is 0 Å². The molecule has 86 valence electrons. The van der Waals surface area contributed by atoms with Crippen LogP contribution in [0, 0.1) is 6.92 Å². The van der Waals surface area contributed by atoms with Crippen LogP contribution in [0.1, 0.15) is 11.1 Å². The van der Waals surface area contributed by atoms with Gasteiger partial charge in [-0.1, -0.05) is 59.8 Å². The van der Waals surface area contributed by atoms with E-state index in [-0.39, 0.29) is 5.16 Å². The summed E-state index contributed by atoms with van der Waals surface area (Å²) in [5.41, 5.74) is 2.06. The molecule has 0 unspecified atom stereocenters. The number of benzene rings is 2. The molecule has 17 heavy (non-hydrogen) atoms. The molecule has 0 atom stereocenters. The van der Waals surface area contributed by atoms with Gasteiger partial charge < -0.3 is 0 Å². The minimum Gasteiger partial charge on any atom is -0.199 e. The van der Waals surface area contributed by atoms with Crippen molar-refractivity contribution in [1.82, 2.24) is 0 Å². The van der Waals surface area contributed by atoms with Crippen LogP contribution in [0.5, 0.6) is 0 Å². The van der Waals surface area contributed by atoms with Crippen LogP contribution in [-0.4, -0.2) is 0 Å². The SMILES string of the molecule is Cc1ccc(SC(F)=Cc2ccccc2)cc1. The summed E-state index contributed by atoms with van der Waals surface area (Å²) in [5, 5.41) is -0.194. The second-order valence-electron chi connectivity index (χ2n) is 3.77. The fourth-order valence-electron chi connectivity index (χ4n) is 1.43. The molecule has 0 radical (unpaired) electrons. The maximum atomic E-state index is 13.7. The van der Waals surface area contributed by atoms with E-state index in [1.807, 2.05) is 61.5 Å². The summed E-state index contributed by atoms with van der Waals surface area (Å²) < 4.78 is 13.7. The van der Waals surface area contributed by atoms with E-state index in [0.717, 1.165) is 22.2 Å². The van der Waals surface area contributed by atoms with E-state index in [9.17, 15) is 4.39 Å². The highest BCUT2D eigenvalue weighted by Gasteiger charge is 1.99. The van der Waals surface area contributed by atoms with E-state index < -0.39 is 0 Å². The van der Waals surface area contributed by atoms with Crippen molar-refractivity contribution < 1.29 is 4.39 Å². The van der Waals surface area contributed by atoms with E-state index in [0.29, 0.717) is 0 Å². The number of hydrogen-bond donors (Lipinski definition) is 0. The molecule has 2 rings (SSSR count). The first-order chi connectivity index (χ1) is 8.24. The van der Waals surface area contributed by atoms with Crippen LogP contribution in [0.4, 0.5) is 4.39 Å². The highest BCUT2D eigenvalue weighted by molar-refractivity contribution is 8.03. The van der Waals surface area contributed by atoms with Crippen LogP contribution in [-0.2, 0) is 0 Å². The summed E-state index contributed by atoms with van der Waals surface area (Å²) >= 11 is 1.14. The van der Waals surface area contributed by atoms with E-state index in [1.54, 1.807) is 6.08 Å². The lowest BCUT2D eigenvalue weighted by molar-refractivity contribution is 0.706. The Morgan fingerprint density at radius 1 is 1.00 bits per heavy atom. The van der Waals surface area contributed by atoms with Gasteiger partial charge in [-0.05, 0) is 30.7 Å². The summed E-state index contributed by atoms with van der Waals surface area (Å²) in [4.78, 5) is 0.917. The normalized spacial score (nSPS) is 11.5. The van der Waals surface area contributed by atoms with Crippen molar-refractivity contribution in [3.63, 3.8) is 0 Å². The molecular weight excluding hydrogens is 231 g/mol. The van der Waals surface area contributed by atoms with Crippen LogP contribution in [0.3, 0.4) is 0 Å². The Bertz CT molecular complexity index is 500. The molecule has 2 aromatic carbocycles. The average molecular weight is 244 g/mol. The molecule has 0 aliphatic carbocycles. The van der Waals surface area contributed by atoms with Crippen molar-refractivity contribution in [2.24, 2.45) is 0 Å². The highest BCUT2D eigenvalue weighted by Crippen LogP contribution is 2.29. The lowest BCUT2D eigenvalue weighted by Gasteiger charge is -1.99. The smallest absolute Gasteiger partial charge is 0.161 e. The molecule has 0 aliphatic heterocycles. The zero-order valence-electron chi connectivity index (χ0n) is 9.56. The topological polar surface area (TPSA) is 0 Å². The second kappa shape index (κ2) is 5.69. The van der Waals surface area contributed by atoms with Gasteiger partial charge in [0.1, 0.15) is 0 Å².